The maximum absolute atomic E-state index is 13.2. The van der Waals surface area contributed by atoms with E-state index in [1.54, 1.807) is 9.42 Å². The molecule has 204 valence electrons. The number of fused-ring (bicyclic) bond motifs is 2. The van der Waals surface area contributed by atoms with Crippen LogP contribution in [0.2, 0.25) is 0 Å². The number of nitrogens with zero attached hydrogens (tertiary/aromatic N) is 6. The molecule has 1 fully saturated rings. The number of alkyl halides is 3. The SMILES string of the molecule is Cc1nc2cc(C)c(NC(=O)N3CCc4c(N5CCNC(C)(C)C5)ccnc43)cn2n1.O=C(O)C(F)(F)F. The molecule has 0 saturated carbocycles. The number of piperazine rings is 1. The number of urea groups is 1. The fourth-order valence-electron chi connectivity index (χ4n) is 4.56. The molecule has 0 bridgehead atoms. The Hall–Kier alpha value is -3.94. The highest BCUT2D eigenvalue weighted by Crippen LogP contribution is 2.35. The van der Waals surface area contributed by atoms with Gasteiger partial charge in [0.15, 0.2) is 5.65 Å². The third-order valence-corrected chi connectivity index (χ3v) is 6.28. The van der Waals surface area contributed by atoms with Gasteiger partial charge in [-0.3, -0.25) is 4.90 Å². The van der Waals surface area contributed by atoms with Crippen molar-refractivity contribution in [2.45, 2.75) is 45.8 Å². The monoisotopic (exact) mass is 534 g/mol. The highest BCUT2D eigenvalue weighted by molar-refractivity contribution is 6.03. The number of halogens is 3. The van der Waals surface area contributed by atoms with Gasteiger partial charge in [0.2, 0.25) is 0 Å². The summed E-state index contributed by atoms with van der Waals surface area (Å²) in [5, 5.41) is 18.1. The molecule has 2 aliphatic rings. The van der Waals surface area contributed by atoms with Crippen LogP contribution in [-0.2, 0) is 11.2 Å². The molecular formula is C24H29F3N8O3. The Morgan fingerprint density at radius 3 is 2.58 bits per heavy atom. The molecule has 5 rings (SSSR count). The Bertz CT molecular complexity index is 1370. The first-order valence-electron chi connectivity index (χ1n) is 12.0. The number of carboxylic acids is 1. The maximum Gasteiger partial charge on any atom is 0.490 e. The van der Waals surface area contributed by atoms with E-state index < -0.39 is 12.1 Å². The number of anilines is 3. The van der Waals surface area contributed by atoms with E-state index in [1.807, 2.05) is 32.3 Å². The minimum atomic E-state index is -5.08. The van der Waals surface area contributed by atoms with Crippen molar-refractivity contribution >= 4 is 34.8 Å². The Morgan fingerprint density at radius 1 is 1.21 bits per heavy atom. The lowest BCUT2D eigenvalue weighted by Gasteiger charge is -2.41. The van der Waals surface area contributed by atoms with Gasteiger partial charge in [0, 0.05) is 49.2 Å². The van der Waals surface area contributed by atoms with Crippen molar-refractivity contribution in [3.8, 4) is 0 Å². The standard InChI is InChI=1S/C22H28N8O.C2HF3O2/c1-14-11-19-25-15(2)27-30(19)12-17(14)26-21(31)29-9-6-16-18(5-7-23-20(16)29)28-10-8-24-22(3,4)13-28;3-2(4,5)1(6)7/h5,7,11-12,24H,6,8-10,13H2,1-4H3,(H,26,31);(H,6,7). The highest BCUT2D eigenvalue weighted by Gasteiger charge is 2.38. The molecule has 0 atom stereocenters. The molecule has 5 heterocycles. The molecule has 0 radical (unpaired) electrons. The lowest BCUT2D eigenvalue weighted by Crippen LogP contribution is -2.57. The minimum absolute atomic E-state index is 0.0555. The van der Waals surface area contributed by atoms with Crippen molar-refractivity contribution in [1.82, 2.24) is 24.9 Å². The number of rotatable bonds is 2. The molecular weight excluding hydrogens is 505 g/mol. The predicted octanol–water partition coefficient (Wildman–Crippen LogP) is 3.16. The molecule has 1 saturated heterocycles. The number of carboxylic acid groups (broad SMARTS) is 1. The lowest BCUT2D eigenvalue weighted by atomic mass is 10.0. The van der Waals surface area contributed by atoms with Crippen molar-refractivity contribution in [2.75, 3.05) is 41.3 Å². The zero-order chi connectivity index (χ0) is 27.8. The smallest absolute Gasteiger partial charge is 0.475 e. The van der Waals surface area contributed by atoms with Crippen LogP contribution in [0, 0.1) is 13.8 Å². The van der Waals surface area contributed by atoms with Crippen molar-refractivity contribution in [1.29, 1.82) is 0 Å². The molecule has 14 heteroatoms. The van der Waals surface area contributed by atoms with Crippen molar-refractivity contribution < 1.29 is 27.9 Å². The quantitative estimate of drug-likeness (QED) is 0.458. The number of hydrogen-bond donors (Lipinski definition) is 3. The van der Waals surface area contributed by atoms with E-state index in [4.69, 9.17) is 9.90 Å². The van der Waals surface area contributed by atoms with Crippen LogP contribution in [0.3, 0.4) is 0 Å². The molecule has 2 amide bonds. The number of nitrogens with one attached hydrogen (secondary N) is 2. The molecule has 11 nitrogen and oxygen atoms in total. The van der Waals surface area contributed by atoms with Crippen LogP contribution in [0.25, 0.3) is 5.65 Å². The van der Waals surface area contributed by atoms with Gasteiger partial charge in [-0.05, 0) is 51.8 Å². The van der Waals surface area contributed by atoms with E-state index in [2.05, 4.69) is 50.5 Å². The third kappa shape index (κ3) is 5.79. The fraction of sp³-hybridized carbons (Fsp3) is 0.458. The predicted molar refractivity (Wildman–Crippen MR) is 135 cm³/mol. The minimum Gasteiger partial charge on any atom is -0.475 e. The van der Waals surface area contributed by atoms with Gasteiger partial charge in [-0.25, -0.2) is 24.1 Å². The number of amides is 2. The summed E-state index contributed by atoms with van der Waals surface area (Å²) in [6, 6.07) is 3.83. The zero-order valence-electron chi connectivity index (χ0n) is 21.4. The second-order valence-corrected chi connectivity index (χ2v) is 9.83. The average molecular weight is 535 g/mol. The van der Waals surface area contributed by atoms with E-state index in [0.717, 1.165) is 54.3 Å². The molecule has 3 aromatic heterocycles. The number of carbonyl (C=O) groups excluding carboxylic acids is 1. The molecule has 3 N–H and O–H groups in total. The number of aromatic nitrogens is 4. The zero-order valence-corrected chi connectivity index (χ0v) is 21.4. The van der Waals surface area contributed by atoms with Gasteiger partial charge in [-0.1, -0.05) is 0 Å². The first-order valence-corrected chi connectivity index (χ1v) is 12.0. The fourth-order valence-corrected chi connectivity index (χ4v) is 4.56. The van der Waals surface area contributed by atoms with Crippen molar-refractivity contribution in [3.05, 3.63) is 41.5 Å². The maximum atomic E-state index is 13.2. The van der Waals surface area contributed by atoms with E-state index in [-0.39, 0.29) is 11.6 Å². The molecule has 38 heavy (non-hydrogen) atoms. The van der Waals surface area contributed by atoms with Gasteiger partial charge in [0.05, 0.1) is 11.9 Å². The molecule has 0 aliphatic carbocycles. The van der Waals surface area contributed by atoms with Gasteiger partial charge in [-0.2, -0.15) is 18.3 Å². The van der Waals surface area contributed by atoms with Crippen LogP contribution in [0.4, 0.5) is 35.2 Å². The largest absolute Gasteiger partial charge is 0.490 e. The molecule has 0 aromatic carbocycles. The van der Waals surface area contributed by atoms with E-state index in [0.29, 0.717) is 12.4 Å². The first kappa shape index (κ1) is 27.1. The number of carbonyl (C=O) groups is 2. The van der Waals surface area contributed by atoms with Crippen LogP contribution in [0.15, 0.2) is 24.5 Å². The summed E-state index contributed by atoms with van der Waals surface area (Å²) in [6.45, 7) is 11.7. The molecule has 3 aromatic rings. The Kier molecular flexibility index (Phi) is 7.19. The van der Waals surface area contributed by atoms with Gasteiger partial charge < -0.3 is 20.6 Å². The topological polar surface area (TPSA) is 128 Å². The van der Waals surface area contributed by atoms with E-state index in [1.165, 1.54) is 5.69 Å². The van der Waals surface area contributed by atoms with Crippen LogP contribution in [0.5, 0.6) is 0 Å². The summed E-state index contributed by atoms with van der Waals surface area (Å²) in [5.41, 5.74) is 4.82. The third-order valence-electron chi connectivity index (χ3n) is 6.28. The Balaban J connectivity index is 0.000000426. The summed E-state index contributed by atoms with van der Waals surface area (Å²) >= 11 is 0. The van der Waals surface area contributed by atoms with Gasteiger partial charge in [-0.15, -0.1) is 0 Å². The number of hydrogen-bond acceptors (Lipinski definition) is 7. The van der Waals surface area contributed by atoms with Crippen LogP contribution < -0.4 is 20.4 Å². The van der Waals surface area contributed by atoms with Gasteiger partial charge >= 0.3 is 18.2 Å². The number of pyridine rings is 2. The van der Waals surface area contributed by atoms with Crippen LogP contribution in [0.1, 0.15) is 30.8 Å². The summed E-state index contributed by atoms with van der Waals surface area (Å²) in [4.78, 5) is 35.1. The summed E-state index contributed by atoms with van der Waals surface area (Å²) in [6.07, 6.45) is -0.660. The molecule has 2 aliphatic heterocycles. The second kappa shape index (κ2) is 10.1. The highest BCUT2D eigenvalue weighted by atomic mass is 19.4. The van der Waals surface area contributed by atoms with Crippen molar-refractivity contribution in [3.63, 3.8) is 0 Å². The van der Waals surface area contributed by atoms with Crippen molar-refractivity contribution in [2.24, 2.45) is 0 Å². The first-order chi connectivity index (χ1) is 17.7. The summed E-state index contributed by atoms with van der Waals surface area (Å²) in [5.74, 6) is -1.31. The van der Waals surface area contributed by atoms with E-state index in [9.17, 15) is 18.0 Å². The second-order valence-electron chi connectivity index (χ2n) is 9.83. The molecule has 0 unspecified atom stereocenters. The summed E-state index contributed by atoms with van der Waals surface area (Å²) in [7, 11) is 0. The number of aliphatic carboxylic acids is 1. The molecule has 0 spiro atoms. The normalized spacial score (nSPS) is 16.6. The summed E-state index contributed by atoms with van der Waals surface area (Å²) < 4.78 is 33.4. The van der Waals surface area contributed by atoms with Gasteiger partial charge in [0.25, 0.3) is 0 Å². The van der Waals surface area contributed by atoms with Crippen LogP contribution in [-0.4, -0.2) is 74.6 Å². The van der Waals surface area contributed by atoms with E-state index >= 15 is 0 Å². The Labute approximate surface area is 216 Å². The lowest BCUT2D eigenvalue weighted by molar-refractivity contribution is -0.192. The van der Waals surface area contributed by atoms with Crippen LogP contribution >= 0.6 is 0 Å². The Morgan fingerprint density at radius 2 is 1.92 bits per heavy atom. The average Bonchev–Trinajstić information content (AvgIpc) is 3.40. The number of aryl methyl sites for hydroxylation is 2. The van der Waals surface area contributed by atoms with Gasteiger partial charge in [0.1, 0.15) is 11.6 Å².